The van der Waals surface area contributed by atoms with Crippen LogP contribution >= 0.6 is 0 Å². The minimum atomic E-state index is -0.544. The Bertz CT molecular complexity index is 382. The van der Waals surface area contributed by atoms with E-state index in [-0.39, 0.29) is 0 Å². The van der Waals surface area contributed by atoms with Crippen LogP contribution in [-0.2, 0) is 9.47 Å². The number of allylic oxidation sites excluding steroid dienone is 1. The van der Waals surface area contributed by atoms with Gasteiger partial charge in [-0.3, -0.25) is 0 Å². The number of methoxy groups -OCH3 is 1. The lowest BCUT2D eigenvalue weighted by molar-refractivity contribution is 0.0671. The molecule has 128 valence electrons. The molecule has 0 fully saturated rings. The molecule has 0 radical (unpaired) electrons. The van der Waals surface area contributed by atoms with E-state index >= 15 is 0 Å². The van der Waals surface area contributed by atoms with Gasteiger partial charge in [-0.25, -0.2) is 0 Å². The van der Waals surface area contributed by atoms with Gasteiger partial charge in [-0.05, 0) is 25.3 Å². The van der Waals surface area contributed by atoms with E-state index < -0.39 is 6.10 Å². The highest BCUT2D eigenvalue weighted by Gasteiger charge is 2.27. The van der Waals surface area contributed by atoms with Gasteiger partial charge in [0.1, 0.15) is 11.9 Å². The first-order chi connectivity index (χ1) is 10.7. The summed E-state index contributed by atoms with van der Waals surface area (Å²) in [4.78, 5) is 0. The Labute approximate surface area is 136 Å². The summed E-state index contributed by atoms with van der Waals surface area (Å²) < 4.78 is 11.1. The van der Waals surface area contributed by atoms with E-state index in [0.29, 0.717) is 5.95 Å². The molecule has 0 bridgehead atoms. The minimum absolute atomic E-state index is 0.496. The maximum absolute atomic E-state index is 10.4. The van der Waals surface area contributed by atoms with Crippen LogP contribution in [0.3, 0.4) is 0 Å². The van der Waals surface area contributed by atoms with Gasteiger partial charge in [0, 0.05) is 12.0 Å². The Morgan fingerprint density at radius 2 is 1.59 bits per heavy atom. The summed E-state index contributed by atoms with van der Waals surface area (Å²) in [6.07, 6.45) is 11.5. The maximum atomic E-state index is 10.4. The predicted molar refractivity (Wildman–Crippen MR) is 91.3 cm³/mol. The van der Waals surface area contributed by atoms with Crippen LogP contribution in [-0.4, -0.2) is 18.3 Å². The molecule has 0 aliphatic carbocycles. The topological polar surface area (TPSA) is 38.7 Å². The lowest BCUT2D eigenvalue weighted by Crippen LogP contribution is -2.22. The first-order valence-electron chi connectivity index (χ1n) is 8.98. The van der Waals surface area contributed by atoms with Gasteiger partial charge in [0.05, 0.1) is 7.11 Å². The van der Waals surface area contributed by atoms with Crippen molar-refractivity contribution in [1.29, 1.82) is 0 Å². The fourth-order valence-corrected chi connectivity index (χ4v) is 2.96. The van der Waals surface area contributed by atoms with E-state index in [1.165, 1.54) is 44.9 Å². The normalized spacial score (nSPS) is 18.7. The molecular weight excluding hydrogens is 276 g/mol. The van der Waals surface area contributed by atoms with Crippen molar-refractivity contribution in [2.24, 2.45) is 0 Å². The van der Waals surface area contributed by atoms with Crippen molar-refractivity contribution in [3.05, 3.63) is 22.9 Å². The van der Waals surface area contributed by atoms with Crippen LogP contribution in [0.15, 0.2) is 22.9 Å². The third-order valence-electron chi connectivity index (χ3n) is 4.48. The van der Waals surface area contributed by atoms with Gasteiger partial charge in [0.15, 0.2) is 0 Å². The Hall–Kier alpha value is -0.960. The Morgan fingerprint density at radius 1 is 1.00 bits per heavy atom. The van der Waals surface area contributed by atoms with Gasteiger partial charge < -0.3 is 14.6 Å². The quantitative estimate of drug-likeness (QED) is 0.516. The minimum Gasteiger partial charge on any atom is -0.468 e. The van der Waals surface area contributed by atoms with Crippen molar-refractivity contribution in [2.45, 2.75) is 91.1 Å². The maximum Gasteiger partial charge on any atom is 0.286 e. The van der Waals surface area contributed by atoms with Crippen molar-refractivity contribution in [3.8, 4) is 0 Å². The Balaban J connectivity index is 2.32. The summed E-state index contributed by atoms with van der Waals surface area (Å²) in [5.74, 6) is 1.39. The zero-order chi connectivity index (χ0) is 16.4. The fraction of sp³-hybridized carbons (Fsp3) is 0.789. The number of hydrogen-bond acceptors (Lipinski definition) is 3. The molecule has 0 saturated heterocycles. The second kappa shape index (κ2) is 10.7. The average molecular weight is 310 g/mol. The van der Waals surface area contributed by atoms with Crippen LogP contribution in [0, 0.1) is 0 Å². The predicted octanol–water partition coefficient (Wildman–Crippen LogP) is 5.45. The number of hydrogen-bond donors (Lipinski definition) is 1. The summed E-state index contributed by atoms with van der Waals surface area (Å²) in [7, 11) is 1.60. The molecule has 0 amide bonds. The van der Waals surface area contributed by atoms with Gasteiger partial charge in [0.2, 0.25) is 0 Å². The van der Waals surface area contributed by atoms with Crippen molar-refractivity contribution in [3.63, 3.8) is 0 Å². The third kappa shape index (κ3) is 5.68. The number of aliphatic hydroxyl groups is 1. The van der Waals surface area contributed by atoms with Crippen molar-refractivity contribution in [2.75, 3.05) is 7.11 Å². The number of rotatable bonds is 11. The first kappa shape index (κ1) is 19.1. The summed E-state index contributed by atoms with van der Waals surface area (Å²) in [6, 6.07) is 0. The van der Waals surface area contributed by atoms with Crippen LogP contribution in [0.25, 0.3) is 0 Å². The van der Waals surface area contributed by atoms with E-state index in [0.717, 1.165) is 36.2 Å². The van der Waals surface area contributed by atoms with Crippen LogP contribution in [0.5, 0.6) is 0 Å². The molecule has 1 N–H and O–H groups in total. The van der Waals surface area contributed by atoms with Gasteiger partial charge in [0.25, 0.3) is 5.95 Å². The molecule has 22 heavy (non-hydrogen) atoms. The van der Waals surface area contributed by atoms with Gasteiger partial charge >= 0.3 is 0 Å². The zero-order valence-electron chi connectivity index (χ0n) is 14.9. The summed E-state index contributed by atoms with van der Waals surface area (Å²) >= 11 is 0. The molecule has 3 heteroatoms. The monoisotopic (exact) mass is 310 g/mol. The largest absolute Gasteiger partial charge is 0.468 e. The molecule has 1 unspecified atom stereocenters. The molecule has 0 aromatic carbocycles. The van der Waals surface area contributed by atoms with Crippen molar-refractivity contribution < 1.29 is 14.6 Å². The second-order valence-corrected chi connectivity index (χ2v) is 6.21. The standard InChI is InChI=1S/C19H34O3/c1-5-7-8-9-10-11-12-13-14-17-15(3)18(20)16(6-2)19(21-4)22-17/h18,20H,5-14H2,1-4H3. The molecule has 1 aliphatic heterocycles. The lowest BCUT2D eigenvalue weighted by Gasteiger charge is -2.27. The zero-order valence-corrected chi connectivity index (χ0v) is 14.9. The van der Waals surface area contributed by atoms with E-state index in [2.05, 4.69) is 6.92 Å². The molecule has 0 aromatic heterocycles. The average Bonchev–Trinajstić information content (AvgIpc) is 2.53. The Kier molecular flexibility index (Phi) is 9.30. The SMILES string of the molecule is CCCCCCCCCCC1=C(C)C(O)C(CC)=C(OC)O1. The third-order valence-corrected chi connectivity index (χ3v) is 4.48. The molecule has 1 aliphatic rings. The van der Waals surface area contributed by atoms with Crippen LogP contribution in [0.2, 0.25) is 0 Å². The van der Waals surface area contributed by atoms with Crippen LogP contribution in [0.4, 0.5) is 0 Å². The summed E-state index contributed by atoms with van der Waals surface area (Å²) in [5, 5.41) is 10.4. The van der Waals surface area contributed by atoms with Gasteiger partial charge in [-0.2, -0.15) is 0 Å². The van der Waals surface area contributed by atoms with E-state index in [4.69, 9.17) is 9.47 Å². The molecule has 0 aromatic rings. The second-order valence-electron chi connectivity index (χ2n) is 6.21. The number of unbranched alkanes of at least 4 members (excludes halogenated alkanes) is 7. The highest BCUT2D eigenvalue weighted by Crippen LogP contribution is 2.32. The highest BCUT2D eigenvalue weighted by molar-refractivity contribution is 5.29. The molecule has 1 rings (SSSR count). The number of ether oxygens (including phenoxy) is 2. The van der Waals surface area contributed by atoms with E-state index in [9.17, 15) is 5.11 Å². The first-order valence-corrected chi connectivity index (χ1v) is 8.98. The fourth-order valence-electron chi connectivity index (χ4n) is 2.96. The number of aliphatic hydroxyl groups excluding tert-OH is 1. The molecule has 3 nitrogen and oxygen atoms in total. The van der Waals surface area contributed by atoms with Gasteiger partial charge in [-0.1, -0.05) is 58.8 Å². The molecule has 0 spiro atoms. The molecule has 1 heterocycles. The van der Waals surface area contributed by atoms with Crippen LogP contribution in [0.1, 0.15) is 85.0 Å². The lowest BCUT2D eigenvalue weighted by atomic mass is 9.96. The van der Waals surface area contributed by atoms with Crippen molar-refractivity contribution >= 4 is 0 Å². The highest BCUT2D eigenvalue weighted by atomic mass is 16.7. The van der Waals surface area contributed by atoms with Crippen molar-refractivity contribution in [1.82, 2.24) is 0 Å². The van der Waals surface area contributed by atoms with E-state index in [1.54, 1.807) is 7.11 Å². The molecule has 1 atom stereocenters. The summed E-state index contributed by atoms with van der Waals surface area (Å²) in [6.45, 7) is 6.23. The smallest absolute Gasteiger partial charge is 0.286 e. The molecular formula is C19H34O3. The summed E-state index contributed by atoms with van der Waals surface area (Å²) in [5.41, 5.74) is 1.79. The Morgan fingerprint density at radius 3 is 2.14 bits per heavy atom. The van der Waals surface area contributed by atoms with Gasteiger partial charge in [-0.15, -0.1) is 0 Å². The van der Waals surface area contributed by atoms with Crippen LogP contribution < -0.4 is 0 Å². The van der Waals surface area contributed by atoms with E-state index in [1.807, 2.05) is 13.8 Å². The molecule has 0 saturated carbocycles.